The van der Waals surface area contributed by atoms with Gasteiger partial charge in [-0.3, -0.25) is 0 Å². The minimum absolute atomic E-state index is 0.218. The molecule has 2 N–H and O–H groups in total. The molecule has 2 aromatic heterocycles. The van der Waals surface area contributed by atoms with E-state index in [0.29, 0.717) is 13.1 Å². The van der Waals surface area contributed by atoms with Gasteiger partial charge >= 0.3 is 0 Å². The predicted octanol–water partition coefficient (Wildman–Crippen LogP) is 1.88. The molecule has 0 spiro atoms. The lowest BCUT2D eigenvalue weighted by Crippen LogP contribution is -2.44. The maximum Gasteiger partial charge on any atom is 0.216 e. The van der Waals surface area contributed by atoms with E-state index in [1.54, 1.807) is 24.5 Å². The van der Waals surface area contributed by atoms with Gasteiger partial charge in [0.2, 0.25) is 10.0 Å². The lowest BCUT2D eigenvalue weighted by molar-refractivity contribution is 0.327. The van der Waals surface area contributed by atoms with Crippen LogP contribution in [0.4, 0.5) is 5.82 Å². The van der Waals surface area contributed by atoms with Crippen LogP contribution in [-0.2, 0) is 10.0 Å². The zero-order chi connectivity index (χ0) is 16.6. The van der Waals surface area contributed by atoms with Gasteiger partial charge in [-0.2, -0.15) is 0 Å². The molecule has 8 heteroatoms. The first kappa shape index (κ1) is 16.2. The van der Waals surface area contributed by atoms with E-state index in [1.807, 2.05) is 13.0 Å². The third-order valence-corrected chi connectivity index (χ3v) is 6.58. The molecule has 0 amide bonds. The van der Waals surface area contributed by atoms with Crippen molar-refractivity contribution >= 4 is 26.9 Å². The standard InChI is InChI=1S/C15H23N5O2S/c1-10(2)23(21,22)20-6-4-12(5-7-20)19-15-14-13(16-9-17-15)8-11(3)18-14/h8-10,12,18H,4-7H2,1-3H3,(H,16,17,19). The van der Waals surface area contributed by atoms with Crippen molar-refractivity contribution in [3.05, 3.63) is 18.1 Å². The van der Waals surface area contributed by atoms with Crippen LogP contribution in [0.1, 0.15) is 32.4 Å². The van der Waals surface area contributed by atoms with E-state index >= 15 is 0 Å². The molecule has 23 heavy (non-hydrogen) atoms. The Hall–Kier alpha value is -1.67. The molecular weight excluding hydrogens is 314 g/mol. The highest BCUT2D eigenvalue weighted by atomic mass is 32.2. The smallest absolute Gasteiger partial charge is 0.216 e. The Balaban J connectivity index is 1.69. The number of aromatic amines is 1. The highest BCUT2D eigenvalue weighted by Gasteiger charge is 2.30. The quantitative estimate of drug-likeness (QED) is 0.889. The Labute approximate surface area is 136 Å². The molecule has 0 atom stereocenters. The van der Waals surface area contributed by atoms with E-state index < -0.39 is 10.0 Å². The van der Waals surface area contributed by atoms with Crippen LogP contribution in [0.3, 0.4) is 0 Å². The van der Waals surface area contributed by atoms with Gasteiger partial charge in [-0.1, -0.05) is 0 Å². The SMILES string of the molecule is Cc1cc2ncnc(NC3CCN(S(=O)(=O)C(C)C)CC3)c2[nH]1. The minimum atomic E-state index is -3.15. The number of aromatic nitrogens is 3. The summed E-state index contributed by atoms with van der Waals surface area (Å²) in [5.74, 6) is 0.785. The van der Waals surface area contributed by atoms with Gasteiger partial charge in [-0.25, -0.2) is 22.7 Å². The largest absolute Gasteiger partial charge is 0.365 e. The molecule has 1 aliphatic heterocycles. The number of anilines is 1. The first-order valence-electron chi connectivity index (χ1n) is 7.93. The van der Waals surface area contributed by atoms with Crippen LogP contribution in [0.2, 0.25) is 0 Å². The summed E-state index contributed by atoms with van der Waals surface area (Å²) >= 11 is 0. The molecule has 3 heterocycles. The predicted molar refractivity (Wildman–Crippen MR) is 90.9 cm³/mol. The Morgan fingerprint density at radius 2 is 2.00 bits per heavy atom. The number of fused-ring (bicyclic) bond motifs is 1. The van der Waals surface area contributed by atoms with E-state index in [1.165, 1.54) is 0 Å². The Kier molecular flexibility index (Phi) is 4.29. The molecule has 0 unspecified atom stereocenters. The summed E-state index contributed by atoms with van der Waals surface area (Å²) < 4.78 is 26.0. The second kappa shape index (κ2) is 6.09. The van der Waals surface area contributed by atoms with E-state index in [-0.39, 0.29) is 11.3 Å². The number of aryl methyl sites for hydroxylation is 1. The summed E-state index contributed by atoms with van der Waals surface area (Å²) in [4.78, 5) is 11.8. The summed E-state index contributed by atoms with van der Waals surface area (Å²) in [6.45, 7) is 6.54. The monoisotopic (exact) mass is 337 g/mol. The first-order valence-corrected chi connectivity index (χ1v) is 9.44. The van der Waals surface area contributed by atoms with E-state index in [2.05, 4.69) is 20.3 Å². The van der Waals surface area contributed by atoms with Gasteiger partial charge in [0.05, 0.1) is 10.8 Å². The van der Waals surface area contributed by atoms with Crippen LogP contribution in [0.5, 0.6) is 0 Å². The molecule has 0 aromatic carbocycles. The van der Waals surface area contributed by atoms with Crippen LogP contribution in [-0.4, -0.2) is 52.1 Å². The van der Waals surface area contributed by atoms with E-state index in [4.69, 9.17) is 0 Å². The second-order valence-electron chi connectivity index (χ2n) is 6.35. The lowest BCUT2D eigenvalue weighted by atomic mass is 10.1. The van der Waals surface area contributed by atoms with Crippen molar-refractivity contribution in [2.45, 2.75) is 44.9 Å². The molecule has 126 valence electrons. The molecule has 1 fully saturated rings. The van der Waals surface area contributed by atoms with Crippen molar-refractivity contribution in [2.24, 2.45) is 0 Å². The summed E-state index contributed by atoms with van der Waals surface area (Å²) in [5, 5.41) is 3.07. The van der Waals surface area contributed by atoms with Gasteiger partial charge in [0.1, 0.15) is 11.8 Å². The van der Waals surface area contributed by atoms with Crippen molar-refractivity contribution in [3.63, 3.8) is 0 Å². The van der Waals surface area contributed by atoms with E-state index in [0.717, 1.165) is 35.4 Å². The Bertz CT molecular complexity index is 791. The highest BCUT2D eigenvalue weighted by Crippen LogP contribution is 2.23. The zero-order valence-corrected chi connectivity index (χ0v) is 14.5. The van der Waals surface area contributed by atoms with Gasteiger partial charge in [0, 0.05) is 24.8 Å². The Morgan fingerprint density at radius 1 is 1.30 bits per heavy atom. The number of H-pyrrole nitrogens is 1. The summed E-state index contributed by atoms with van der Waals surface area (Å²) in [6, 6.07) is 2.20. The highest BCUT2D eigenvalue weighted by molar-refractivity contribution is 7.89. The van der Waals surface area contributed by atoms with Gasteiger partial charge in [0.15, 0.2) is 5.82 Å². The Morgan fingerprint density at radius 3 is 2.65 bits per heavy atom. The third kappa shape index (κ3) is 3.18. The van der Waals surface area contributed by atoms with Crippen molar-refractivity contribution in [1.82, 2.24) is 19.3 Å². The number of nitrogens with one attached hydrogen (secondary N) is 2. The molecule has 0 aliphatic carbocycles. The fraction of sp³-hybridized carbons (Fsp3) is 0.600. The van der Waals surface area contributed by atoms with Crippen LogP contribution in [0.15, 0.2) is 12.4 Å². The topological polar surface area (TPSA) is 91.0 Å². The minimum Gasteiger partial charge on any atom is -0.365 e. The van der Waals surface area contributed by atoms with Crippen LogP contribution in [0, 0.1) is 6.92 Å². The average Bonchev–Trinajstić information content (AvgIpc) is 2.89. The average molecular weight is 337 g/mol. The molecular formula is C15H23N5O2S. The fourth-order valence-corrected chi connectivity index (χ4v) is 4.24. The number of piperidine rings is 1. The van der Waals surface area contributed by atoms with Crippen LogP contribution >= 0.6 is 0 Å². The number of sulfonamides is 1. The molecule has 0 bridgehead atoms. The molecule has 7 nitrogen and oxygen atoms in total. The normalized spacial score (nSPS) is 17.9. The maximum absolute atomic E-state index is 12.2. The first-order chi connectivity index (χ1) is 10.9. The van der Waals surface area contributed by atoms with Crippen LogP contribution < -0.4 is 5.32 Å². The van der Waals surface area contributed by atoms with Crippen molar-refractivity contribution in [2.75, 3.05) is 18.4 Å². The number of rotatable bonds is 4. The lowest BCUT2D eigenvalue weighted by Gasteiger charge is -2.32. The number of nitrogens with zero attached hydrogens (tertiary/aromatic N) is 3. The van der Waals surface area contributed by atoms with Gasteiger partial charge < -0.3 is 10.3 Å². The zero-order valence-electron chi connectivity index (χ0n) is 13.7. The molecule has 2 aromatic rings. The van der Waals surface area contributed by atoms with Crippen molar-refractivity contribution in [1.29, 1.82) is 0 Å². The van der Waals surface area contributed by atoms with Gasteiger partial charge in [0.25, 0.3) is 0 Å². The molecule has 0 saturated carbocycles. The molecule has 1 aliphatic rings. The summed E-state index contributed by atoms with van der Waals surface area (Å²) in [6.07, 6.45) is 3.10. The molecule has 1 saturated heterocycles. The van der Waals surface area contributed by atoms with Gasteiger partial charge in [-0.15, -0.1) is 0 Å². The number of hydrogen-bond acceptors (Lipinski definition) is 5. The third-order valence-electron chi connectivity index (χ3n) is 4.30. The molecule has 0 radical (unpaired) electrons. The van der Waals surface area contributed by atoms with Crippen LogP contribution in [0.25, 0.3) is 11.0 Å². The number of hydrogen-bond donors (Lipinski definition) is 2. The summed E-state index contributed by atoms with van der Waals surface area (Å²) in [5.41, 5.74) is 2.84. The van der Waals surface area contributed by atoms with Crippen molar-refractivity contribution < 1.29 is 8.42 Å². The van der Waals surface area contributed by atoms with Crippen molar-refractivity contribution in [3.8, 4) is 0 Å². The molecule has 3 rings (SSSR count). The van der Waals surface area contributed by atoms with Gasteiger partial charge in [-0.05, 0) is 39.7 Å². The summed E-state index contributed by atoms with van der Waals surface area (Å²) in [7, 11) is -3.15. The fourth-order valence-electron chi connectivity index (χ4n) is 2.93. The van der Waals surface area contributed by atoms with E-state index in [9.17, 15) is 8.42 Å². The second-order valence-corrected chi connectivity index (χ2v) is 8.84. The maximum atomic E-state index is 12.2.